The first-order valence-corrected chi connectivity index (χ1v) is 41.6. The van der Waals surface area contributed by atoms with Crippen LogP contribution in [0, 0.1) is 5.92 Å². The van der Waals surface area contributed by atoms with Crippen LogP contribution in [0.25, 0.3) is 5.57 Å². The Morgan fingerprint density at radius 3 is 1.71 bits per heavy atom. The number of nitrogens with two attached hydrogens (primary N) is 1. The molecule has 9 rings (SSSR count). The number of hydrogen-bond donors (Lipinski definition) is 10. The fraction of sp³-hybridized carbons (Fsp3) is 0.386. The van der Waals surface area contributed by atoms with E-state index in [0.29, 0.717) is 28.7 Å². The zero-order valence-corrected chi connectivity index (χ0v) is 68.3. The normalized spacial score (nSPS) is 19.1. The Kier molecular flexibility index (Phi) is 31.1. The number of ether oxygens (including phenoxy) is 2. The maximum atomic E-state index is 15.9. The number of amides is 9. The largest absolute Gasteiger partial charge is 0.508 e. The van der Waals surface area contributed by atoms with Gasteiger partial charge in [-0.25, -0.2) is 9.59 Å². The Hall–Kier alpha value is -10.4. The van der Waals surface area contributed by atoms with Crippen LogP contribution < -0.4 is 43.0 Å². The van der Waals surface area contributed by atoms with Crippen LogP contribution in [0.4, 0.5) is 9.59 Å². The second-order valence-corrected chi connectivity index (χ2v) is 35.5. The van der Waals surface area contributed by atoms with Crippen molar-refractivity contribution in [1.29, 1.82) is 0 Å². The molecular formula is C88H105N9O14S3. The average molecular weight is 1610 g/mol. The summed E-state index contributed by atoms with van der Waals surface area (Å²) in [4.78, 5) is 152. The maximum Gasteiger partial charge on any atom is 0.411 e. The van der Waals surface area contributed by atoms with E-state index in [1.165, 1.54) is 35.7 Å². The molecule has 1 aliphatic heterocycles. The monoisotopic (exact) mass is 1610 g/mol. The number of hydrogen-bond acceptors (Lipinski definition) is 17. The summed E-state index contributed by atoms with van der Waals surface area (Å²) in [6, 6.07) is 49.7. The minimum atomic E-state index is -1.84. The number of carbonyl (C=O) groups is 10. The number of benzene rings is 7. The predicted molar refractivity (Wildman–Crippen MR) is 446 cm³/mol. The maximum absolute atomic E-state index is 15.9. The van der Waals surface area contributed by atoms with Gasteiger partial charge in [0.25, 0.3) is 0 Å². The molecule has 0 radical (unpaired) electrons. The second kappa shape index (κ2) is 40.5. The Balaban J connectivity index is 1.14. The molecular weight excluding hydrogens is 1500 g/mol. The molecule has 0 saturated carbocycles. The van der Waals surface area contributed by atoms with E-state index in [1.807, 2.05) is 127 Å². The van der Waals surface area contributed by atoms with Crippen molar-refractivity contribution in [1.82, 2.24) is 42.1 Å². The summed E-state index contributed by atoms with van der Waals surface area (Å²) < 4.78 is 9.09. The van der Waals surface area contributed by atoms with Gasteiger partial charge in [0.05, 0.1) is 16.9 Å². The van der Waals surface area contributed by atoms with Gasteiger partial charge in [0.2, 0.25) is 41.4 Å². The third-order valence-corrected chi connectivity index (χ3v) is 23.6. The van der Waals surface area contributed by atoms with Crippen LogP contribution >= 0.6 is 33.3 Å². The number of Topliss-reactive ketones (excluding diaryl/α,β-unsaturated/α-hetero) is 1. The molecule has 114 heavy (non-hydrogen) atoms. The van der Waals surface area contributed by atoms with Gasteiger partial charge in [-0.1, -0.05) is 216 Å². The lowest BCUT2D eigenvalue weighted by Crippen LogP contribution is -2.63. The van der Waals surface area contributed by atoms with Crippen molar-refractivity contribution in [2.45, 2.75) is 189 Å². The number of thioether (sulfide) groups is 1. The zero-order chi connectivity index (χ0) is 82.3. The molecule has 0 aromatic heterocycles. The second-order valence-electron chi connectivity index (χ2n) is 31.1. The van der Waals surface area contributed by atoms with Crippen LogP contribution in [0.3, 0.4) is 0 Å². The van der Waals surface area contributed by atoms with Gasteiger partial charge in [0.1, 0.15) is 53.2 Å². The summed E-state index contributed by atoms with van der Waals surface area (Å²) in [7, 11) is 1.99. The summed E-state index contributed by atoms with van der Waals surface area (Å²) in [6.07, 6.45) is -1.41. The first-order chi connectivity index (χ1) is 54.3. The Morgan fingerprint density at radius 2 is 1.14 bits per heavy atom. The van der Waals surface area contributed by atoms with Gasteiger partial charge in [0, 0.05) is 54.5 Å². The van der Waals surface area contributed by atoms with Gasteiger partial charge < -0.3 is 62.6 Å². The Bertz CT molecular complexity index is 4380. The van der Waals surface area contributed by atoms with Crippen LogP contribution in [0.1, 0.15) is 139 Å². The Morgan fingerprint density at radius 1 is 0.605 bits per heavy atom. The number of primary amides is 1. The van der Waals surface area contributed by atoms with Gasteiger partial charge in [-0.2, -0.15) is 0 Å². The summed E-state index contributed by atoms with van der Waals surface area (Å²) in [5, 5.41) is 42.0. The highest BCUT2D eigenvalue weighted by Crippen LogP contribution is 2.54. The number of ketones is 1. The molecule has 1 aliphatic carbocycles. The lowest BCUT2D eigenvalue weighted by molar-refractivity contribution is -0.137. The van der Waals surface area contributed by atoms with Crippen LogP contribution in [-0.4, -0.2) is 157 Å². The predicted octanol–water partition coefficient (Wildman–Crippen LogP) is 11.0. The van der Waals surface area contributed by atoms with E-state index in [0.717, 1.165) is 49.4 Å². The smallest absolute Gasteiger partial charge is 0.411 e. The molecule has 9 amide bonds. The van der Waals surface area contributed by atoms with E-state index >= 15 is 33.6 Å². The van der Waals surface area contributed by atoms with E-state index in [2.05, 4.69) is 37.2 Å². The van der Waals surface area contributed by atoms with Crippen molar-refractivity contribution in [3.8, 4) is 5.75 Å². The van der Waals surface area contributed by atoms with E-state index < -0.39 is 141 Å². The quantitative estimate of drug-likeness (QED) is 0.0137. The van der Waals surface area contributed by atoms with Crippen LogP contribution in [0.2, 0.25) is 0 Å². The molecule has 11 N–H and O–H groups in total. The third kappa shape index (κ3) is 25.0. The number of phenolic OH excluding ortho intramolecular Hbond substituents is 1. The molecule has 0 unspecified atom stereocenters. The van der Waals surface area contributed by atoms with Crippen LogP contribution in [-0.2, 0) is 78.4 Å². The summed E-state index contributed by atoms with van der Waals surface area (Å²) in [5.74, 6) is -9.01. The van der Waals surface area contributed by atoms with Crippen molar-refractivity contribution < 1.29 is 67.6 Å². The van der Waals surface area contributed by atoms with Gasteiger partial charge in [-0.05, 0) is 157 Å². The van der Waals surface area contributed by atoms with E-state index in [1.54, 1.807) is 122 Å². The number of aliphatic hydroxyl groups excluding tert-OH is 1. The van der Waals surface area contributed by atoms with Crippen molar-refractivity contribution in [2.75, 3.05) is 18.1 Å². The number of nitrogens with one attached hydrogen (secondary N) is 7. The van der Waals surface area contributed by atoms with Gasteiger partial charge >= 0.3 is 12.2 Å². The lowest BCUT2D eigenvalue weighted by atomic mass is 9.84. The molecule has 26 heteroatoms. The molecule has 2 aliphatic rings. The van der Waals surface area contributed by atoms with Crippen molar-refractivity contribution in [3.05, 3.63) is 251 Å². The molecule has 1 saturated heterocycles. The minimum absolute atomic E-state index is 0.0677. The number of carbonyl (C=O) groups excluding carboxylic acids is 10. The summed E-state index contributed by atoms with van der Waals surface area (Å²) >= 11 is 1.37. The third-order valence-electron chi connectivity index (χ3n) is 19.4. The van der Waals surface area contributed by atoms with E-state index in [-0.39, 0.29) is 68.9 Å². The summed E-state index contributed by atoms with van der Waals surface area (Å²) in [5.41, 5.74) is 11.4. The molecule has 1 fully saturated rings. The van der Waals surface area contributed by atoms with E-state index in [4.69, 9.17) is 15.2 Å². The number of alkyl carbamates (subject to hydrolysis) is 1. The number of aliphatic hydroxyl groups is 1. The topological polar surface area (TPSA) is 343 Å². The zero-order valence-electron chi connectivity index (χ0n) is 65.9. The highest BCUT2D eigenvalue weighted by Gasteiger charge is 2.48. The minimum Gasteiger partial charge on any atom is -0.508 e. The van der Waals surface area contributed by atoms with Crippen molar-refractivity contribution >= 4 is 98.2 Å². The molecule has 604 valence electrons. The number of aromatic hydroxyl groups is 1. The average Bonchev–Trinajstić information content (AvgIpc) is 0.813. The number of unbranched alkanes of at least 4 members (excludes halogenated alkanes) is 1. The highest BCUT2D eigenvalue weighted by molar-refractivity contribution is 8.76. The molecule has 7 aromatic carbocycles. The molecule has 0 spiro atoms. The first-order valence-electron chi connectivity index (χ1n) is 38.3. The standard InChI is InChI=1S/C88H105N9O14S3/c1-56(98)74-82(107)94-71(80(105)96-75(76(89)101)87(8,9)114-88(63-34-19-12-20-35-63,64-36-21-13-22-37-64)65-38-23-14-24-39-65)55-113-112-54-70(93-81(106)72(50-57-29-15-10-16-30-57)97(84(109)111-86(5,6)7)53-59-31-17-11-18-32-59)73(100)52-62(49-58-42-46-66(99)47-43-58)77(102)92-69(51-61-45-44-60-33-25-26-40-67(60)61)79(104)91-68(78(103)95-74)41-27-28-48-90-83(108)110-85(2,3)4/h10-26,29-40,42-43,45-47,56,62,68-72,74-75,98-99H,27-28,41,44,48-55H2,1-9H3,(H2,89,101)(H,90,108)(H,91,104)(H,92,102)(H,93,106)(H,94,107)(H,95,103)(H,96,105)/t56-,62-,68+,69-,70+,71+,72-,74+,75-/m1/s1. The van der Waals surface area contributed by atoms with Crippen molar-refractivity contribution in [2.24, 2.45) is 11.7 Å². The Labute approximate surface area is 679 Å². The SMILES string of the molecule is C[C@@H](O)[C@@H]1NC(=O)[C@H](CCCCNC(=O)OC(C)(C)C)NC(=O)[C@@H](CC2=CCc3ccccc32)NC(=O)[C@H](Cc2ccc(O)cc2)CC(=O)[C@@H](NC(=O)[C@@H](Cc2ccccc2)N(Cc2ccccc2)C(=O)OC(C)(C)C)CSSC[C@@H](C(=O)N[C@H](C(N)=O)C(C)(C)SC(c2ccccc2)(c2ccccc2)c2ccccc2)NC1=O. The highest BCUT2D eigenvalue weighted by atomic mass is 33.1. The fourth-order valence-corrected chi connectivity index (χ4v) is 17.9. The number of phenols is 1. The molecule has 23 nitrogen and oxygen atoms in total. The van der Waals surface area contributed by atoms with Crippen LogP contribution in [0.5, 0.6) is 5.75 Å². The molecule has 0 bridgehead atoms. The summed E-state index contributed by atoms with van der Waals surface area (Å²) in [6.45, 7) is 15.0. The number of fused-ring (bicyclic) bond motifs is 1. The fourth-order valence-electron chi connectivity index (χ4n) is 13.7. The first kappa shape index (κ1) is 87.6. The lowest BCUT2D eigenvalue weighted by Gasteiger charge is -2.44. The number of nitrogens with zero attached hydrogens (tertiary/aromatic N) is 1. The van der Waals surface area contributed by atoms with Gasteiger partial charge in [0.15, 0.2) is 5.78 Å². The van der Waals surface area contributed by atoms with Gasteiger partial charge in [-0.3, -0.25) is 43.3 Å². The van der Waals surface area contributed by atoms with E-state index in [9.17, 15) is 24.6 Å². The van der Waals surface area contributed by atoms with Gasteiger partial charge in [-0.15, -0.1) is 11.8 Å². The molecule has 9 atom stereocenters. The van der Waals surface area contributed by atoms with Crippen LogP contribution in [0.15, 0.2) is 206 Å². The number of allylic oxidation sites excluding steroid dienone is 1. The molecule has 7 aromatic rings. The number of rotatable bonds is 26. The molecule has 1 heterocycles. The van der Waals surface area contributed by atoms with Crippen molar-refractivity contribution in [3.63, 3.8) is 0 Å².